The number of aliphatic hydroxyl groups is 2. The fraction of sp³-hybridized carbons (Fsp3) is 0.150. The van der Waals surface area contributed by atoms with Gasteiger partial charge in [-0.2, -0.15) is 15.1 Å². The predicted octanol–water partition coefficient (Wildman–Crippen LogP) is 3.37. The standard InChI is InChI=1S/C20H17ClFN5O3/c21-13-6-2-1-5-12(13)17-16-18(23-9-11(29)10-28)24-20(25-19(16)27-26-17)30-15-8-4-3-7-14(15)22/h1-8,11,28-29H,9-10H2,(H2,23,24,25,26,27)/t11-/m0/s1. The fourth-order valence-electron chi connectivity index (χ4n) is 2.84. The van der Waals surface area contributed by atoms with Gasteiger partial charge in [-0.3, -0.25) is 5.10 Å². The summed E-state index contributed by atoms with van der Waals surface area (Å²) in [6.07, 6.45) is -1.01. The molecule has 0 unspecified atom stereocenters. The second-order valence-corrected chi connectivity index (χ2v) is 6.79. The van der Waals surface area contributed by atoms with Crippen molar-refractivity contribution in [3.05, 3.63) is 59.4 Å². The summed E-state index contributed by atoms with van der Waals surface area (Å²) in [6.45, 7) is -0.419. The summed E-state index contributed by atoms with van der Waals surface area (Å²) in [4.78, 5) is 8.61. The average molecular weight is 430 g/mol. The molecule has 0 saturated carbocycles. The highest BCUT2D eigenvalue weighted by atomic mass is 35.5. The molecule has 10 heteroatoms. The number of aromatic amines is 1. The molecule has 0 aliphatic carbocycles. The Bertz CT molecular complexity index is 1190. The first-order valence-electron chi connectivity index (χ1n) is 9.03. The fourth-order valence-corrected chi connectivity index (χ4v) is 3.06. The van der Waals surface area contributed by atoms with Crippen LogP contribution in [0.5, 0.6) is 11.8 Å². The van der Waals surface area contributed by atoms with Gasteiger partial charge in [0.2, 0.25) is 0 Å². The summed E-state index contributed by atoms with van der Waals surface area (Å²) in [5.74, 6) is -0.320. The van der Waals surface area contributed by atoms with Crippen LogP contribution in [0.1, 0.15) is 0 Å². The van der Waals surface area contributed by atoms with E-state index in [0.717, 1.165) is 0 Å². The number of nitrogens with zero attached hydrogens (tertiary/aromatic N) is 3. The van der Waals surface area contributed by atoms with Crippen LogP contribution in [0.25, 0.3) is 22.3 Å². The smallest absolute Gasteiger partial charge is 0.326 e. The molecule has 0 saturated heterocycles. The number of anilines is 1. The maximum atomic E-state index is 14.0. The molecular weight excluding hydrogens is 413 g/mol. The van der Waals surface area contributed by atoms with Crippen LogP contribution in [0, 0.1) is 5.82 Å². The van der Waals surface area contributed by atoms with Crippen LogP contribution in [0.4, 0.5) is 10.2 Å². The van der Waals surface area contributed by atoms with Crippen molar-refractivity contribution < 1.29 is 19.3 Å². The van der Waals surface area contributed by atoms with Gasteiger partial charge in [-0.25, -0.2) is 4.39 Å². The van der Waals surface area contributed by atoms with Crippen molar-refractivity contribution in [3.8, 4) is 23.0 Å². The Labute approximate surface area is 175 Å². The molecule has 154 valence electrons. The first-order chi connectivity index (χ1) is 14.6. The molecule has 0 amide bonds. The minimum absolute atomic E-state index is 0.00882. The SMILES string of the molecule is OC[C@@H](O)CNc1nc(Oc2ccccc2F)nc2[nH]nc(-c3ccccc3Cl)c12. The van der Waals surface area contributed by atoms with Gasteiger partial charge in [0.1, 0.15) is 11.5 Å². The van der Waals surface area contributed by atoms with E-state index in [4.69, 9.17) is 21.4 Å². The zero-order valence-corrected chi connectivity index (χ0v) is 16.3. The minimum atomic E-state index is -1.01. The molecule has 30 heavy (non-hydrogen) atoms. The number of aromatic nitrogens is 4. The molecule has 4 rings (SSSR count). The van der Waals surface area contributed by atoms with Crippen LogP contribution < -0.4 is 10.1 Å². The highest BCUT2D eigenvalue weighted by Crippen LogP contribution is 2.35. The monoisotopic (exact) mass is 429 g/mol. The summed E-state index contributed by atoms with van der Waals surface area (Å²) in [5.41, 5.74) is 1.48. The van der Waals surface area contributed by atoms with Gasteiger partial charge in [-0.05, 0) is 18.2 Å². The molecule has 0 fully saturated rings. The van der Waals surface area contributed by atoms with Gasteiger partial charge >= 0.3 is 6.01 Å². The molecule has 0 radical (unpaired) electrons. The van der Waals surface area contributed by atoms with Gasteiger partial charge in [0.15, 0.2) is 17.2 Å². The van der Waals surface area contributed by atoms with E-state index in [1.54, 1.807) is 30.3 Å². The number of benzene rings is 2. The molecule has 8 nitrogen and oxygen atoms in total. The maximum Gasteiger partial charge on any atom is 0.326 e. The Morgan fingerprint density at radius 1 is 1.13 bits per heavy atom. The molecule has 0 bridgehead atoms. The summed E-state index contributed by atoms with van der Waals surface area (Å²) in [5, 5.41) is 29.9. The summed E-state index contributed by atoms with van der Waals surface area (Å²) in [6, 6.07) is 12.9. The maximum absolute atomic E-state index is 14.0. The number of ether oxygens (including phenoxy) is 1. The van der Waals surface area contributed by atoms with Gasteiger partial charge in [-0.1, -0.05) is 41.9 Å². The Morgan fingerprint density at radius 2 is 1.90 bits per heavy atom. The molecule has 2 aromatic heterocycles. The normalized spacial score (nSPS) is 12.1. The number of fused-ring (bicyclic) bond motifs is 1. The van der Waals surface area contributed by atoms with Crippen molar-refractivity contribution in [2.24, 2.45) is 0 Å². The molecule has 0 spiro atoms. The van der Waals surface area contributed by atoms with Gasteiger partial charge in [0.25, 0.3) is 0 Å². The Balaban J connectivity index is 1.81. The van der Waals surface area contributed by atoms with Crippen molar-refractivity contribution in [2.45, 2.75) is 6.10 Å². The van der Waals surface area contributed by atoms with E-state index in [1.165, 1.54) is 12.1 Å². The van der Waals surface area contributed by atoms with Gasteiger partial charge in [0, 0.05) is 12.1 Å². The molecule has 0 aliphatic rings. The van der Waals surface area contributed by atoms with E-state index in [-0.39, 0.29) is 24.1 Å². The van der Waals surface area contributed by atoms with Gasteiger partial charge in [-0.15, -0.1) is 0 Å². The van der Waals surface area contributed by atoms with Crippen LogP contribution in [-0.2, 0) is 0 Å². The van der Waals surface area contributed by atoms with Crippen molar-refractivity contribution >= 4 is 28.5 Å². The molecule has 4 aromatic rings. The highest BCUT2D eigenvalue weighted by Gasteiger charge is 2.20. The lowest BCUT2D eigenvalue weighted by Gasteiger charge is -2.12. The van der Waals surface area contributed by atoms with Crippen LogP contribution in [0.3, 0.4) is 0 Å². The van der Waals surface area contributed by atoms with Crippen molar-refractivity contribution in [1.29, 1.82) is 0 Å². The Morgan fingerprint density at radius 3 is 2.67 bits per heavy atom. The molecule has 2 aromatic carbocycles. The molecule has 4 N–H and O–H groups in total. The van der Waals surface area contributed by atoms with Crippen molar-refractivity contribution in [2.75, 3.05) is 18.5 Å². The quantitative estimate of drug-likeness (QED) is 0.356. The van der Waals surface area contributed by atoms with E-state index in [9.17, 15) is 9.50 Å². The number of H-pyrrole nitrogens is 1. The number of hydrogen-bond donors (Lipinski definition) is 4. The number of nitrogens with one attached hydrogen (secondary N) is 2. The number of rotatable bonds is 7. The van der Waals surface area contributed by atoms with Crippen LogP contribution in [0.2, 0.25) is 5.02 Å². The molecule has 0 aliphatic heterocycles. The van der Waals surface area contributed by atoms with Crippen LogP contribution >= 0.6 is 11.6 Å². The number of para-hydroxylation sites is 1. The van der Waals surface area contributed by atoms with E-state index < -0.39 is 18.5 Å². The van der Waals surface area contributed by atoms with E-state index in [0.29, 0.717) is 27.3 Å². The molecule has 2 heterocycles. The molecule has 1 atom stereocenters. The van der Waals surface area contributed by atoms with Crippen molar-refractivity contribution in [1.82, 2.24) is 20.2 Å². The predicted molar refractivity (Wildman–Crippen MR) is 110 cm³/mol. The zero-order chi connectivity index (χ0) is 21.1. The minimum Gasteiger partial charge on any atom is -0.421 e. The average Bonchev–Trinajstić information content (AvgIpc) is 3.17. The summed E-state index contributed by atoms with van der Waals surface area (Å²) >= 11 is 6.32. The van der Waals surface area contributed by atoms with Gasteiger partial charge < -0.3 is 20.3 Å². The second kappa shape index (κ2) is 8.62. The zero-order valence-electron chi connectivity index (χ0n) is 15.5. The van der Waals surface area contributed by atoms with E-state index in [1.807, 2.05) is 6.07 Å². The number of halogens is 2. The van der Waals surface area contributed by atoms with Gasteiger partial charge in [0.05, 0.1) is 23.1 Å². The second-order valence-electron chi connectivity index (χ2n) is 6.38. The first kappa shape index (κ1) is 20.0. The topological polar surface area (TPSA) is 116 Å². The lowest BCUT2D eigenvalue weighted by molar-refractivity contribution is 0.105. The van der Waals surface area contributed by atoms with Crippen LogP contribution in [-0.4, -0.2) is 49.6 Å². The third-order valence-electron chi connectivity index (χ3n) is 4.28. The van der Waals surface area contributed by atoms with Crippen molar-refractivity contribution in [3.63, 3.8) is 0 Å². The molecular formula is C20H17ClFN5O3. The lowest BCUT2D eigenvalue weighted by atomic mass is 10.1. The number of hydrogen-bond acceptors (Lipinski definition) is 7. The Kier molecular flexibility index (Phi) is 5.75. The summed E-state index contributed by atoms with van der Waals surface area (Å²) in [7, 11) is 0. The lowest BCUT2D eigenvalue weighted by Crippen LogP contribution is -2.23. The highest BCUT2D eigenvalue weighted by molar-refractivity contribution is 6.33. The third-order valence-corrected chi connectivity index (χ3v) is 4.61. The largest absolute Gasteiger partial charge is 0.421 e. The summed E-state index contributed by atoms with van der Waals surface area (Å²) < 4.78 is 19.5. The van der Waals surface area contributed by atoms with E-state index >= 15 is 0 Å². The Hall–Kier alpha value is -3.27. The van der Waals surface area contributed by atoms with Crippen LogP contribution in [0.15, 0.2) is 48.5 Å². The van der Waals surface area contributed by atoms with E-state index in [2.05, 4.69) is 25.5 Å². The number of aliphatic hydroxyl groups excluding tert-OH is 2. The third kappa shape index (κ3) is 4.04. The first-order valence-corrected chi connectivity index (χ1v) is 9.40.